The maximum absolute atomic E-state index is 7.38. The van der Waals surface area contributed by atoms with E-state index in [9.17, 15) is 0 Å². The Hall–Kier alpha value is 0.555. The molecule has 0 fully saturated rings. The summed E-state index contributed by atoms with van der Waals surface area (Å²) in [5, 5.41) is 7.38. The zero-order valence-corrected chi connectivity index (χ0v) is 3.95. The monoisotopic (exact) mass is 63.0 g/mol. The summed E-state index contributed by atoms with van der Waals surface area (Å²) < 4.78 is 1.89. The molecule has 0 aliphatic heterocycles. The number of rotatable bonds is 0. The van der Waals surface area contributed by atoms with Crippen molar-refractivity contribution in [3.63, 3.8) is 0 Å². The topological polar surface area (TPSA) is 23.8 Å². The molecule has 0 aliphatic carbocycles. The van der Waals surface area contributed by atoms with Crippen LogP contribution in [0.2, 0.25) is 0 Å². The Kier molecular flexibility index (Phi) is 21.2. The van der Waals surface area contributed by atoms with Gasteiger partial charge in [0, 0.05) is 0 Å². The number of nitriles is 1. The van der Waals surface area contributed by atoms with Crippen molar-refractivity contribution in [2.24, 2.45) is 0 Å². The molecule has 0 amide bonds. The SMILES string of the molecule is B.N#[C][Na]. The summed E-state index contributed by atoms with van der Waals surface area (Å²) in [5.41, 5.74) is 0. The average Bonchev–Trinajstić information content (AvgIpc) is 0.918. The van der Waals surface area contributed by atoms with Gasteiger partial charge in [0.1, 0.15) is 0 Å². The summed E-state index contributed by atoms with van der Waals surface area (Å²) in [4.78, 5) is 0. The zero-order valence-electron chi connectivity index (χ0n) is 1.95. The summed E-state index contributed by atoms with van der Waals surface area (Å²) >= 11 is 0.674. The van der Waals surface area contributed by atoms with Crippen LogP contribution >= 0.6 is 0 Å². The summed E-state index contributed by atoms with van der Waals surface area (Å²) in [6.45, 7) is 0. The molecule has 0 atom stereocenters. The fraction of sp³-hybridized carbons (Fsp3) is 0. The number of hydrogen-bond donors (Lipinski definition) is 0. The Morgan fingerprint density at radius 2 is 1.75 bits per heavy atom. The van der Waals surface area contributed by atoms with Gasteiger partial charge in [-0.25, -0.2) is 0 Å². The molecule has 16 valence electrons. The molecule has 0 unspecified atom stereocenters. The van der Waals surface area contributed by atoms with Gasteiger partial charge >= 0.3 is 36.5 Å². The van der Waals surface area contributed by atoms with Gasteiger partial charge in [0.15, 0.2) is 0 Å². The van der Waals surface area contributed by atoms with E-state index in [2.05, 4.69) is 0 Å². The van der Waals surface area contributed by atoms with Crippen LogP contribution in [0.15, 0.2) is 0 Å². The molecule has 0 saturated carbocycles. The van der Waals surface area contributed by atoms with Gasteiger partial charge < -0.3 is 0 Å². The summed E-state index contributed by atoms with van der Waals surface area (Å²) in [7, 11) is 0. The van der Waals surface area contributed by atoms with Crippen LogP contribution in [-0.2, 0) is 0 Å². The van der Waals surface area contributed by atoms with Crippen molar-refractivity contribution < 1.29 is 0 Å². The second-order valence-corrected chi connectivity index (χ2v) is 0.671. The molecule has 0 aromatic heterocycles. The number of nitrogens with zero attached hydrogens (tertiary/aromatic N) is 1. The van der Waals surface area contributed by atoms with Crippen LogP contribution in [0.25, 0.3) is 0 Å². The van der Waals surface area contributed by atoms with Gasteiger partial charge in [0.25, 0.3) is 0 Å². The second kappa shape index (κ2) is 9.60. The predicted molar refractivity (Wildman–Crippen MR) is 21.3 cm³/mol. The molecule has 0 aliphatic rings. The van der Waals surface area contributed by atoms with Crippen molar-refractivity contribution in [1.82, 2.24) is 0 Å². The van der Waals surface area contributed by atoms with Crippen LogP contribution in [0.1, 0.15) is 0 Å². The zero-order chi connectivity index (χ0) is 2.71. The van der Waals surface area contributed by atoms with Gasteiger partial charge in [0.05, 0.1) is 8.41 Å². The molecule has 0 heterocycles. The van der Waals surface area contributed by atoms with Crippen LogP contribution < -0.4 is 0 Å². The van der Waals surface area contributed by atoms with Crippen LogP contribution in [0.3, 0.4) is 0 Å². The summed E-state index contributed by atoms with van der Waals surface area (Å²) in [6, 6.07) is 0. The van der Waals surface area contributed by atoms with Crippen LogP contribution in [-0.4, -0.2) is 36.3 Å². The van der Waals surface area contributed by atoms with Gasteiger partial charge in [0.2, 0.25) is 0 Å². The quantitative estimate of drug-likeness (QED) is 0.312. The van der Waals surface area contributed by atoms with E-state index in [4.69, 9.17) is 5.26 Å². The first-order valence-electron chi connectivity index (χ1n) is 0.724. The third-order valence-corrected chi connectivity index (χ3v) is 0. The van der Waals surface area contributed by atoms with E-state index >= 15 is 0 Å². The Labute approximate surface area is 45.0 Å². The number of hydrogen-bond acceptors (Lipinski definition) is 1. The Morgan fingerprint density at radius 1 is 1.75 bits per heavy atom. The Morgan fingerprint density at radius 3 is 1.75 bits per heavy atom. The Balaban J connectivity index is 0. The maximum atomic E-state index is 7.38. The van der Waals surface area contributed by atoms with E-state index in [0.29, 0.717) is 27.9 Å². The standard InChI is InChI=1S/CN.BH3.Na/c1-2;;/h;1H3;. The molecule has 0 radical (unpaired) electrons. The van der Waals surface area contributed by atoms with Crippen molar-refractivity contribution in [1.29, 1.82) is 5.26 Å². The molecule has 3 heteroatoms. The molecule has 0 saturated heterocycles. The molecule has 4 heavy (non-hydrogen) atoms. The molecular weight excluding hydrogens is 59.8 g/mol. The fourth-order valence-corrected chi connectivity index (χ4v) is 0. The first-order chi connectivity index (χ1) is 1.41. The van der Waals surface area contributed by atoms with Crippen molar-refractivity contribution >= 4 is 36.3 Å². The van der Waals surface area contributed by atoms with Crippen LogP contribution in [0.4, 0.5) is 0 Å². The van der Waals surface area contributed by atoms with Crippen LogP contribution in [0, 0.1) is 8.58 Å². The third kappa shape index (κ3) is 20.1. The van der Waals surface area contributed by atoms with Gasteiger partial charge in [-0.1, -0.05) is 0 Å². The van der Waals surface area contributed by atoms with Gasteiger partial charge in [-0.05, 0) is 0 Å². The molecular formula is CH3BNNa. The normalized spacial score (nSPS) is 2.25. The van der Waals surface area contributed by atoms with Crippen molar-refractivity contribution in [3.05, 3.63) is 0 Å². The van der Waals surface area contributed by atoms with Crippen molar-refractivity contribution in [2.45, 2.75) is 0 Å². The van der Waals surface area contributed by atoms with E-state index in [-0.39, 0.29) is 8.41 Å². The van der Waals surface area contributed by atoms with E-state index in [0.717, 1.165) is 0 Å². The molecule has 0 spiro atoms. The summed E-state index contributed by atoms with van der Waals surface area (Å²) in [6.07, 6.45) is 0. The van der Waals surface area contributed by atoms with Gasteiger partial charge in [-0.15, -0.1) is 0 Å². The first-order valence-corrected chi connectivity index (χ1v) is 1.72. The second-order valence-electron chi connectivity index (χ2n) is 0.224. The van der Waals surface area contributed by atoms with Crippen LogP contribution in [0.5, 0.6) is 0 Å². The van der Waals surface area contributed by atoms with E-state index in [1.54, 1.807) is 0 Å². The third-order valence-electron chi connectivity index (χ3n) is 0. The van der Waals surface area contributed by atoms with E-state index < -0.39 is 0 Å². The predicted octanol–water partition coefficient (Wildman–Crippen LogP) is -1.55. The summed E-state index contributed by atoms with van der Waals surface area (Å²) in [5.74, 6) is 0. The minimum atomic E-state index is 0. The molecule has 0 aromatic rings. The Bertz CT molecular complexity index is 29.5. The van der Waals surface area contributed by atoms with Gasteiger partial charge in [-0.2, -0.15) is 0 Å². The molecule has 0 rings (SSSR count). The molecule has 0 N–H and O–H groups in total. The van der Waals surface area contributed by atoms with Gasteiger partial charge in [-0.3, -0.25) is 0 Å². The van der Waals surface area contributed by atoms with Crippen molar-refractivity contribution in [3.8, 4) is 3.32 Å². The minimum absolute atomic E-state index is 0. The molecule has 1 nitrogen and oxygen atoms in total. The van der Waals surface area contributed by atoms with Crippen molar-refractivity contribution in [2.75, 3.05) is 0 Å². The molecule has 0 aromatic carbocycles. The van der Waals surface area contributed by atoms with E-state index in [1.807, 2.05) is 3.32 Å². The average molecular weight is 62.8 g/mol. The fourth-order valence-electron chi connectivity index (χ4n) is 0. The first kappa shape index (κ1) is 8.82. The molecule has 0 bridgehead atoms. The van der Waals surface area contributed by atoms with E-state index in [1.165, 1.54) is 0 Å².